The number of piperidine rings is 1. The maximum absolute atomic E-state index is 12.4. The Morgan fingerprint density at radius 2 is 1.94 bits per heavy atom. The van der Waals surface area contributed by atoms with Crippen molar-refractivity contribution in [2.75, 3.05) is 33.4 Å². The van der Waals surface area contributed by atoms with Crippen molar-refractivity contribution in [3.8, 4) is 5.75 Å². The molecule has 6 nitrogen and oxygen atoms in total. The fourth-order valence-corrected chi connectivity index (χ4v) is 6.05. The average molecular weight is 482 g/mol. The Kier molecular flexibility index (Phi) is 6.32. The van der Waals surface area contributed by atoms with Crippen LogP contribution in [0.1, 0.15) is 49.0 Å². The number of likely N-dealkylation sites (tertiary alicyclic amines) is 1. The summed E-state index contributed by atoms with van der Waals surface area (Å²) in [7, 11) is 1.68. The van der Waals surface area contributed by atoms with E-state index in [4.69, 9.17) is 16.3 Å². The second-order valence-corrected chi connectivity index (χ2v) is 10.0. The first-order valence-corrected chi connectivity index (χ1v) is 12.4. The van der Waals surface area contributed by atoms with E-state index < -0.39 is 0 Å². The third-order valence-electron chi connectivity index (χ3n) is 7.69. The molecule has 1 aromatic heterocycles. The molecule has 0 radical (unpaired) electrons. The first-order chi connectivity index (χ1) is 16.5. The summed E-state index contributed by atoms with van der Waals surface area (Å²) in [6.45, 7) is 5.03. The second-order valence-electron chi connectivity index (χ2n) is 9.57. The first-order valence-electron chi connectivity index (χ1n) is 12.0. The molecule has 3 heterocycles. The summed E-state index contributed by atoms with van der Waals surface area (Å²) in [5, 5.41) is 12.4. The van der Waals surface area contributed by atoms with Crippen LogP contribution in [0.15, 0.2) is 42.5 Å². The Morgan fingerprint density at radius 1 is 1.21 bits per heavy atom. The van der Waals surface area contributed by atoms with Gasteiger partial charge in [0.1, 0.15) is 5.75 Å². The maximum atomic E-state index is 12.4. The largest absolute Gasteiger partial charge is 0.497 e. The molecule has 0 aliphatic carbocycles. The summed E-state index contributed by atoms with van der Waals surface area (Å²) in [4.78, 5) is 20.4. The van der Waals surface area contributed by atoms with Gasteiger partial charge in [0.05, 0.1) is 19.8 Å². The number of carbonyl (C=O) groups is 1. The van der Waals surface area contributed by atoms with Gasteiger partial charge in [-0.15, -0.1) is 0 Å². The third-order valence-corrected chi connectivity index (χ3v) is 7.94. The summed E-state index contributed by atoms with van der Waals surface area (Å²) in [5.41, 5.74) is 4.49. The lowest BCUT2D eigenvalue weighted by Gasteiger charge is -2.50. The number of nitrogens with one attached hydrogen (secondary N) is 1. The van der Waals surface area contributed by atoms with Crippen LogP contribution < -0.4 is 4.74 Å². The van der Waals surface area contributed by atoms with Crippen molar-refractivity contribution in [3.63, 3.8) is 0 Å². The number of aliphatic hydroxyl groups excluding tert-OH is 1. The maximum Gasteiger partial charge on any atom is 0.222 e. The van der Waals surface area contributed by atoms with Gasteiger partial charge < -0.3 is 19.7 Å². The van der Waals surface area contributed by atoms with E-state index in [0.717, 1.165) is 66.6 Å². The Balaban J connectivity index is 1.59. The molecule has 1 saturated heterocycles. The molecule has 180 valence electrons. The zero-order valence-corrected chi connectivity index (χ0v) is 20.6. The smallest absolute Gasteiger partial charge is 0.222 e. The van der Waals surface area contributed by atoms with Crippen LogP contribution in [0.3, 0.4) is 0 Å². The van der Waals surface area contributed by atoms with E-state index >= 15 is 0 Å². The van der Waals surface area contributed by atoms with Crippen molar-refractivity contribution in [2.24, 2.45) is 0 Å². The minimum atomic E-state index is -0.134. The van der Waals surface area contributed by atoms with Crippen LogP contribution in [0.5, 0.6) is 5.75 Å². The number of fused-ring (bicyclic) bond motifs is 4. The van der Waals surface area contributed by atoms with Crippen LogP contribution in [0.2, 0.25) is 5.02 Å². The third kappa shape index (κ3) is 3.98. The molecular formula is C27H32ClN3O3. The van der Waals surface area contributed by atoms with Crippen LogP contribution in [-0.2, 0) is 16.8 Å². The number of methoxy groups -OCH3 is 1. The Bertz CT molecular complexity index is 1180. The summed E-state index contributed by atoms with van der Waals surface area (Å²) < 4.78 is 5.47. The van der Waals surface area contributed by atoms with Crippen LogP contribution >= 0.6 is 11.6 Å². The number of aliphatic hydroxyl groups is 1. The lowest BCUT2D eigenvalue weighted by Crippen LogP contribution is -2.54. The van der Waals surface area contributed by atoms with E-state index in [0.29, 0.717) is 6.42 Å². The Morgan fingerprint density at radius 3 is 2.59 bits per heavy atom. The number of benzene rings is 2. The van der Waals surface area contributed by atoms with Crippen molar-refractivity contribution in [3.05, 3.63) is 64.3 Å². The number of H-pyrrole nitrogens is 1. The van der Waals surface area contributed by atoms with Crippen LogP contribution in [-0.4, -0.2) is 59.1 Å². The van der Waals surface area contributed by atoms with Crippen molar-refractivity contribution < 1.29 is 14.6 Å². The van der Waals surface area contributed by atoms with Gasteiger partial charge in [0, 0.05) is 65.7 Å². The van der Waals surface area contributed by atoms with E-state index in [1.165, 1.54) is 10.9 Å². The number of hydrogen-bond acceptors (Lipinski definition) is 4. The SMILES string of the molecule is CCC(=O)N1CCC2(CC1)CN(Cc1ccc(Cl)cc1)[C@@H](CO)c1[nH]c3cc(OC)ccc3c12. The van der Waals surface area contributed by atoms with E-state index in [9.17, 15) is 9.90 Å². The molecule has 0 saturated carbocycles. The van der Waals surface area contributed by atoms with Gasteiger partial charge in [0.25, 0.3) is 0 Å². The van der Waals surface area contributed by atoms with Crippen molar-refractivity contribution in [2.45, 2.75) is 44.2 Å². The quantitative estimate of drug-likeness (QED) is 0.556. The van der Waals surface area contributed by atoms with E-state index in [1.54, 1.807) is 7.11 Å². The molecule has 1 spiro atoms. The number of carbonyl (C=O) groups excluding carboxylic acids is 1. The molecule has 3 aromatic rings. The molecule has 1 atom stereocenters. The fourth-order valence-electron chi connectivity index (χ4n) is 5.92. The molecular weight excluding hydrogens is 450 g/mol. The number of aromatic amines is 1. The highest BCUT2D eigenvalue weighted by Gasteiger charge is 2.47. The topological polar surface area (TPSA) is 68.8 Å². The predicted octanol–water partition coefficient (Wildman–Crippen LogP) is 4.65. The molecule has 1 amide bonds. The molecule has 2 aliphatic heterocycles. The summed E-state index contributed by atoms with van der Waals surface area (Å²) in [6, 6.07) is 14.0. The van der Waals surface area contributed by atoms with Gasteiger partial charge in [-0.2, -0.15) is 0 Å². The van der Waals surface area contributed by atoms with Gasteiger partial charge in [-0.25, -0.2) is 0 Å². The van der Waals surface area contributed by atoms with Crippen LogP contribution in [0.4, 0.5) is 0 Å². The molecule has 0 unspecified atom stereocenters. The Labute approximate surface area is 205 Å². The summed E-state index contributed by atoms with van der Waals surface area (Å²) >= 11 is 6.11. The molecule has 0 bridgehead atoms. The second kappa shape index (κ2) is 9.25. The minimum Gasteiger partial charge on any atom is -0.497 e. The number of amides is 1. The lowest BCUT2D eigenvalue weighted by molar-refractivity contribution is -0.132. The number of nitrogens with zero attached hydrogens (tertiary/aromatic N) is 2. The van der Waals surface area contributed by atoms with Gasteiger partial charge in [-0.05, 0) is 48.2 Å². The first kappa shape index (κ1) is 23.2. The molecule has 2 aromatic carbocycles. The predicted molar refractivity (Wildman–Crippen MR) is 134 cm³/mol. The number of halogens is 1. The van der Waals surface area contributed by atoms with E-state index in [2.05, 4.69) is 28.1 Å². The number of hydrogen-bond donors (Lipinski definition) is 2. The van der Waals surface area contributed by atoms with Crippen molar-refractivity contribution in [1.29, 1.82) is 0 Å². The van der Waals surface area contributed by atoms with Gasteiger partial charge in [-0.1, -0.05) is 30.7 Å². The van der Waals surface area contributed by atoms with Crippen molar-refractivity contribution >= 4 is 28.4 Å². The van der Waals surface area contributed by atoms with Crippen LogP contribution in [0.25, 0.3) is 10.9 Å². The average Bonchev–Trinajstić information content (AvgIpc) is 3.25. The highest BCUT2D eigenvalue weighted by molar-refractivity contribution is 6.30. The van der Waals surface area contributed by atoms with Gasteiger partial charge >= 0.3 is 0 Å². The zero-order chi connectivity index (χ0) is 23.9. The Hall–Kier alpha value is -2.54. The molecule has 5 rings (SSSR count). The molecule has 2 N–H and O–H groups in total. The summed E-state index contributed by atoms with van der Waals surface area (Å²) in [6.07, 6.45) is 2.35. The van der Waals surface area contributed by atoms with Gasteiger partial charge in [0.15, 0.2) is 0 Å². The van der Waals surface area contributed by atoms with E-state index in [1.807, 2.05) is 36.1 Å². The highest BCUT2D eigenvalue weighted by atomic mass is 35.5. The van der Waals surface area contributed by atoms with Crippen molar-refractivity contribution in [1.82, 2.24) is 14.8 Å². The molecule has 7 heteroatoms. The number of aromatic nitrogens is 1. The minimum absolute atomic E-state index is 0.0288. The molecule has 1 fully saturated rings. The van der Waals surface area contributed by atoms with Crippen LogP contribution in [0, 0.1) is 0 Å². The normalized spacial score (nSPS) is 20.0. The van der Waals surface area contributed by atoms with E-state index in [-0.39, 0.29) is 24.0 Å². The highest BCUT2D eigenvalue weighted by Crippen LogP contribution is 2.49. The molecule has 34 heavy (non-hydrogen) atoms. The zero-order valence-electron chi connectivity index (χ0n) is 19.8. The summed E-state index contributed by atoms with van der Waals surface area (Å²) in [5.74, 6) is 1.03. The number of ether oxygens (including phenoxy) is 1. The van der Waals surface area contributed by atoms with Gasteiger partial charge in [0.2, 0.25) is 5.91 Å². The monoisotopic (exact) mass is 481 g/mol. The fraction of sp³-hybridized carbons (Fsp3) is 0.444. The standard InChI is InChI=1S/C27H32ClN3O3/c1-3-24(33)30-12-10-27(11-13-30)17-31(15-18-4-6-19(28)7-5-18)23(16-32)26-25(27)21-9-8-20(34-2)14-22(21)29-26/h4-9,14,23,29,32H,3,10-13,15-17H2,1-2H3/t23-/m0/s1. The van der Waals surface area contributed by atoms with Gasteiger partial charge in [-0.3, -0.25) is 9.69 Å². The number of rotatable bonds is 5. The molecule has 2 aliphatic rings. The lowest BCUT2D eigenvalue weighted by atomic mass is 9.68.